The lowest BCUT2D eigenvalue weighted by Gasteiger charge is -2.26. The minimum Gasteiger partial charge on any atom is -0.507 e. The molecule has 1 aromatic carbocycles. The van der Waals surface area contributed by atoms with Gasteiger partial charge in [-0.25, -0.2) is 4.39 Å². The summed E-state index contributed by atoms with van der Waals surface area (Å²) in [6.45, 7) is 6.60. The fourth-order valence-electron chi connectivity index (χ4n) is 1.67. The molecule has 0 atom stereocenters. The second kappa shape index (κ2) is 4.73. The van der Waals surface area contributed by atoms with E-state index in [1.165, 1.54) is 11.0 Å². The first kappa shape index (κ1) is 13.5. The van der Waals surface area contributed by atoms with Gasteiger partial charge in [0.25, 0.3) is 5.91 Å². The number of benzene rings is 1. The SMILES string of the molecule is CN(CC(C)(C)C)C(=O)c1ccc(F)cc1O. The number of hydrogen-bond acceptors (Lipinski definition) is 2. The van der Waals surface area contributed by atoms with E-state index in [1.807, 2.05) is 20.8 Å². The molecule has 0 fully saturated rings. The van der Waals surface area contributed by atoms with Gasteiger partial charge in [-0.3, -0.25) is 4.79 Å². The van der Waals surface area contributed by atoms with Crippen molar-refractivity contribution in [1.29, 1.82) is 0 Å². The molecule has 0 spiro atoms. The van der Waals surface area contributed by atoms with E-state index in [1.54, 1.807) is 7.05 Å². The average Bonchev–Trinajstić information content (AvgIpc) is 2.14. The zero-order chi connectivity index (χ0) is 13.2. The first-order valence-corrected chi connectivity index (χ1v) is 5.45. The van der Waals surface area contributed by atoms with E-state index in [4.69, 9.17) is 0 Å². The largest absolute Gasteiger partial charge is 0.507 e. The highest BCUT2D eigenvalue weighted by Gasteiger charge is 2.21. The summed E-state index contributed by atoms with van der Waals surface area (Å²) in [5.74, 6) is -1.19. The van der Waals surface area contributed by atoms with E-state index in [2.05, 4.69) is 0 Å². The number of halogens is 1. The van der Waals surface area contributed by atoms with Gasteiger partial charge in [0.1, 0.15) is 11.6 Å². The van der Waals surface area contributed by atoms with Crippen LogP contribution < -0.4 is 0 Å². The summed E-state index contributed by atoms with van der Waals surface area (Å²) in [5.41, 5.74) is 0.0956. The minimum absolute atomic E-state index is 0.0277. The van der Waals surface area contributed by atoms with Crippen LogP contribution in [0, 0.1) is 11.2 Å². The van der Waals surface area contributed by atoms with Crippen molar-refractivity contribution in [2.45, 2.75) is 20.8 Å². The van der Waals surface area contributed by atoms with Gasteiger partial charge in [-0.15, -0.1) is 0 Å². The minimum atomic E-state index is -0.558. The Kier molecular flexibility index (Phi) is 3.76. The van der Waals surface area contributed by atoms with Crippen LogP contribution in [0.5, 0.6) is 5.75 Å². The molecule has 0 aliphatic carbocycles. The molecule has 4 heteroatoms. The van der Waals surface area contributed by atoms with Crippen LogP contribution in [0.25, 0.3) is 0 Å². The number of amides is 1. The van der Waals surface area contributed by atoms with Crippen molar-refractivity contribution in [3.63, 3.8) is 0 Å². The topological polar surface area (TPSA) is 40.5 Å². The van der Waals surface area contributed by atoms with Crippen molar-refractivity contribution in [2.75, 3.05) is 13.6 Å². The fourth-order valence-corrected chi connectivity index (χ4v) is 1.67. The van der Waals surface area contributed by atoms with E-state index in [-0.39, 0.29) is 22.6 Å². The van der Waals surface area contributed by atoms with E-state index in [9.17, 15) is 14.3 Å². The van der Waals surface area contributed by atoms with E-state index in [0.717, 1.165) is 12.1 Å². The zero-order valence-corrected chi connectivity index (χ0v) is 10.6. The van der Waals surface area contributed by atoms with Crippen LogP contribution in [0.15, 0.2) is 18.2 Å². The predicted octanol–water partition coefficient (Wildman–Crippen LogP) is 2.65. The Balaban J connectivity index is 2.89. The molecule has 0 aliphatic heterocycles. The molecule has 0 unspecified atom stereocenters. The summed E-state index contributed by atoms with van der Waals surface area (Å²) in [5, 5.41) is 9.52. The summed E-state index contributed by atoms with van der Waals surface area (Å²) in [6, 6.07) is 3.40. The van der Waals surface area contributed by atoms with Crippen molar-refractivity contribution in [3.05, 3.63) is 29.6 Å². The van der Waals surface area contributed by atoms with Gasteiger partial charge in [0.2, 0.25) is 0 Å². The molecular weight excluding hydrogens is 221 g/mol. The molecule has 94 valence electrons. The summed E-state index contributed by atoms with van der Waals surface area (Å²) in [4.78, 5) is 13.5. The highest BCUT2D eigenvalue weighted by atomic mass is 19.1. The van der Waals surface area contributed by atoms with Crippen molar-refractivity contribution in [1.82, 2.24) is 4.90 Å². The Morgan fingerprint density at radius 2 is 2.00 bits per heavy atom. The van der Waals surface area contributed by atoms with Gasteiger partial charge < -0.3 is 10.0 Å². The van der Waals surface area contributed by atoms with Gasteiger partial charge in [0.15, 0.2) is 0 Å². The normalized spacial score (nSPS) is 11.4. The number of aromatic hydroxyl groups is 1. The van der Waals surface area contributed by atoms with Gasteiger partial charge in [-0.1, -0.05) is 20.8 Å². The first-order chi connectivity index (χ1) is 7.70. The van der Waals surface area contributed by atoms with Crippen LogP contribution in [0.4, 0.5) is 4.39 Å². The summed E-state index contributed by atoms with van der Waals surface area (Å²) in [6.07, 6.45) is 0. The number of hydrogen-bond donors (Lipinski definition) is 1. The summed E-state index contributed by atoms with van der Waals surface area (Å²) < 4.78 is 12.8. The second-order valence-electron chi connectivity index (χ2n) is 5.38. The molecule has 0 saturated carbocycles. The number of phenols is 1. The molecule has 1 amide bonds. The molecule has 1 rings (SSSR count). The molecule has 0 aromatic heterocycles. The van der Waals surface area contributed by atoms with Crippen molar-refractivity contribution in [3.8, 4) is 5.75 Å². The lowest BCUT2D eigenvalue weighted by molar-refractivity contribution is 0.0742. The van der Waals surface area contributed by atoms with E-state index >= 15 is 0 Å². The Bertz CT molecular complexity index is 424. The number of rotatable bonds is 2. The molecule has 17 heavy (non-hydrogen) atoms. The molecule has 0 saturated heterocycles. The maximum atomic E-state index is 12.8. The van der Waals surface area contributed by atoms with Gasteiger partial charge in [-0.2, -0.15) is 0 Å². The monoisotopic (exact) mass is 239 g/mol. The molecule has 0 radical (unpaired) electrons. The first-order valence-electron chi connectivity index (χ1n) is 5.45. The van der Waals surface area contributed by atoms with Gasteiger partial charge >= 0.3 is 0 Å². The number of carbonyl (C=O) groups excluding carboxylic acids is 1. The summed E-state index contributed by atoms with van der Waals surface area (Å²) in [7, 11) is 1.66. The average molecular weight is 239 g/mol. The molecule has 0 bridgehead atoms. The van der Waals surface area contributed by atoms with E-state index < -0.39 is 5.82 Å². The summed E-state index contributed by atoms with van der Waals surface area (Å²) >= 11 is 0. The van der Waals surface area contributed by atoms with Crippen molar-refractivity contribution < 1.29 is 14.3 Å². The molecule has 0 heterocycles. The predicted molar refractivity (Wildman–Crippen MR) is 64.5 cm³/mol. The number of nitrogens with zero attached hydrogens (tertiary/aromatic N) is 1. The number of phenolic OH excluding ortho intramolecular Hbond substituents is 1. The van der Waals surface area contributed by atoms with Crippen molar-refractivity contribution in [2.24, 2.45) is 5.41 Å². The highest BCUT2D eigenvalue weighted by molar-refractivity contribution is 5.96. The van der Waals surface area contributed by atoms with Crippen LogP contribution >= 0.6 is 0 Å². The zero-order valence-electron chi connectivity index (χ0n) is 10.6. The number of carbonyl (C=O) groups is 1. The third-order valence-electron chi connectivity index (χ3n) is 2.25. The lowest BCUT2D eigenvalue weighted by atomic mass is 9.96. The van der Waals surface area contributed by atoms with Crippen LogP contribution in [-0.2, 0) is 0 Å². The van der Waals surface area contributed by atoms with Crippen LogP contribution in [0.1, 0.15) is 31.1 Å². The van der Waals surface area contributed by atoms with E-state index in [0.29, 0.717) is 6.54 Å². The lowest BCUT2D eigenvalue weighted by Crippen LogP contribution is -2.34. The molecule has 3 nitrogen and oxygen atoms in total. The molecule has 0 aliphatic rings. The van der Waals surface area contributed by atoms with Gasteiger partial charge in [0.05, 0.1) is 5.56 Å². The van der Waals surface area contributed by atoms with Crippen LogP contribution in [0.3, 0.4) is 0 Å². The fraction of sp³-hybridized carbons (Fsp3) is 0.462. The van der Waals surface area contributed by atoms with Crippen LogP contribution in [0.2, 0.25) is 0 Å². The van der Waals surface area contributed by atoms with Crippen LogP contribution in [-0.4, -0.2) is 29.5 Å². The Morgan fingerprint density at radius 1 is 1.41 bits per heavy atom. The second-order valence-corrected chi connectivity index (χ2v) is 5.38. The highest BCUT2D eigenvalue weighted by Crippen LogP contribution is 2.21. The molecular formula is C13H18FNO2. The standard InChI is InChI=1S/C13H18FNO2/c1-13(2,3)8-15(4)12(17)10-6-5-9(14)7-11(10)16/h5-7,16H,8H2,1-4H3. The molecule has 1 N–H and O–H groups in total. The third-order valence-corrected chi connectivity index (χ3v) is 2.25. The van der Waals surface area contributed by atoms with Gasteiger partial charge in [0, 0.05) is 19.7 Å². The van der Waals surface area contributed by atoms with Crippen molar-refractivity contribution >= 4 is 5.91 Å². The Labute approximate surface area is 101 Å². The smallest absolute Gasteiger partial charge is 0.257 e. The maximum Gasteiger partial charge on any atom is 0.257 e. The Hall–Kier alpha value is -1.58. The molecule has 1 aromatic rings. The Morgan fingerprint density at radius 3 is 2.47 bits per heavy atom. The quantitative estimate of drug-likeness (QED) is 0.862. The maximum absolute atomic E-state index is 12.8. The van der Waals surface area contributed by atoms with Gasteiger partial charge in [-0.05, 0) is 17.5 Å². The third kappa shape index (κ3) is 3.73.